The predicted molar refractivity (Wildman–Crippen MR) is 89.4 cm³/mol. The molecule has 2 rings (SSSR count). The van der Waals surface area contributed by atoms with Crippen LogP contribution in [0.25, 0.3) is 0 Å². The normalized spacial score (nSPS) is 21.3. The van der Waals surface area contributed by atoms with Crippen LogP contribution in [-0.2, 0) is 14.8 Å². The van der Waals surface area contributed by atoms with Gasteiger partial charge in [-0.3, -0.25) is 4.79 Å². The number of hydrogen-bond acceptors (Lipinski definition) is 4. The molecule has 1 saturated carbocycles. The molecule has 146 valence electrons. The van der Waals surface area contributed by atoms with Crippen molar-refractivity contribution < 1.29 is 31.1 Å². The SMILES string of the molecule is COc1ccc(S(=O)(=O)N[C@H]2CCC[C@H](C(F)(F)F)C2)cc1NC(C)=O. The molecule has 1 aromatic carbocycles. The number of rotatable bonds is 5. The Hall–Kier alpha value is -1.81. The van der Waals surface area contributed by atoms with Crippen LogP contribution in [0.5, 0.6) is 5.75 Å². The van der Waals surface area contributed by atoms with E-state index in [4.69, 9.17) is 4.74 Å². The van der Waals surface area contributed by atoms with E-state index < -0.39 is 34.1 Å². The smallest absolute Gasteiger partial charge is 0.391 e. The van der Waals surface area contributed by atoms with E-state index in [1.165, 1.54) is 32.2 Å². The second-order valence-electron chi connectivity index (χ2n) is 6.27. The van der Waals surface area contributed by atoms with Crippen molar-refractivity contribution in [2.75, 3.05) is 12.4 Å². The second-order valence-corrected chi connectivity index (χ2v) is 7.98. The van der Waals surface area contributed by atoms with Crippen LogP contribution in [0.15, 0.2) is 23.1 Å². The van der Waals surface area contributed by atoms with Crippen LogP contribution in [0.1, 0.15) is 32.6 Å². The van der Waals surface area contributed by atoms with Crippen molar-refractivity contribution in [1.29, 1.82) is 0 Å². The van der Waals surface area contributed by atoms with Gasteiger partial charge in [0, 0.05) is 13.0 Å². The number of nitrogens with one attached hydrogen (secondary N) is 2. The van der Waals surface area contributed by atoms with Gasteiger partial charge in [0.05, 0.1) is 23.6 Å². The fourth-order valence-corrected chi connectivity index (χ4v) is 4.33. The maximum Gasteiger partial charge on any atom is 0.391 e. The molecule has 0 spiro atoms. The molecule has 0 heterocycles. The summed E-state index contributed by atoms with van der Waals surface area (Å²) in [5, 5.41) is 2.46. The molecule has 26 heavy (non-hydrogen) atoms. The van der Waals surface area contributed by atoms with Gasteiger partial charge in [0.2, 0.25) is 15.9 Å². The zero-order valence-electron chi connectivity index (χ0n) is 14.4. The molecule has 0 aromatic heterocycles. The van der Waals surface area contributed by atoms with Crippen molar-refractivity contribution in [2.24, 2.45) is 5.92 Å². The Bertz CT molecular complexity index is 765. The number of amides is 1. The van der Waals surface area contributed by atoms with Crippen molar-refractivity contribution in [3.63, 3.8) is 0 Å². The quantitative estimate of drug-likeness (QED) is 0.804. The Morgan fingerprint density at radius 3 is 2.54 bits per heavy atom. The van der Waals surface area contributed by atoms with Gasteiger partial charge in [-0.25, -0.2) is 13.1 Å². The van der Waals surface area contributed by atoms with Crippen molar-refractivity contribution in [1.82, 2.24) is 4.72 Å². The van der Waals surface area contributed by atoms with E-state index in [0.717, 1.165) is 0 Å². The van der Waals surface area contributed by atoms with Crippen molar-refractivity contribution in [2.45, 2.75) is 49.7 Å². The van der Waals surface area contributed by atoms with Gasteiger partial charge < -0.3 is 10.1 Å². The summed E-state index contributed by atoms with van der Waals surface area (Å²) in [7, 11) is -2.67. The molecular formula is C16H21F3N2O4S. The van der Waals surface area contributed by atoms with E-state index >= 15 is 0 Å². The highest BCUT2D eigenvalue weighted by atomic mass is 32.2. The van der Waals surface area contributed by atoms with Crippen LogP contribution in [-0.4, -0.2) is 33.7 Å². The Kier molecular flexibility index (Phi) is 6.17. The zero-order valence-corrected chi connectivity index (χ0v) is 15.2. The first-order chi connectivity index (χ1) is 12.0. The molecule has 10 heteroatoms. The Labute approximate surface area is 150 Å². The third kappa shape index (κ3) is 5.10. The Morgan fingerprint density at radius 1 is 1.27 bits per heavy atom. The fourth-order valence-electron chi connectivity index (χ4n) is 3.02. The molecule has 1 aromatic rings. The summed E-state index contributed by atoms with van der Waals surface area (Å²) in [6, 6.07) is 3.08. The first kappa shape index (κ1) is 20.5. The van der Waals surface area contributed by atoms with Crippen LogP contribution in [0, 0.1) is 5.92 Å². The summed E-state index contributed by atoms with van der Waals surface area (Å²) >= 11 is 0. The highest BCUT2D eigenvalue weighted by molar-refractivity contribution is 7.89. The first-order valence-corrected chi connectivity index (χ1v) is 9.56. The molecule has 6 nitrogen and oxygen atoms in total. The van der Waals surface area contributed by atoms with E-state index in [1.807, 2.05) is 0 Å². The molecule has 0 unspecified atom stereocenters. The predicted octanol–water partition coefficient (Wildman–Crippen LogP) is 3.05. The molecule has 0 saturated heterocycles. The van der Waals surface area contributed by atoms with Crippen LogP contribution >= 0.6 is 0 Å². The maximum absolute atomic E-state index is 12.9. The van der Waals surface area contributed by atoms with Gasteiger partial charge in [-0.05, 0) is 37.5 Å². The van der Waals surface area contributed by atoms with Gasteiger partial charge in [0.1, 0.15) is 5.75 Å². The Balaban J connectivity index is 2.20. The number of sulfonamides is 1. The first-order valence-electron chi connectivity index (χ1n) is 8.07. The summed E-state index contributed by atoms with van der Waals surface area (Å²) in [5.41, 5.74) is 0.166. The molecule has 2 N–H and O–H groups in total. The van der Waals surface area contributed by atoms with E-state index in [9.17, 15) is 26.4 Å². The molecule has 2 atom stereocenters. The molecule has 1 aliphatic carbocycles. The molecule has 1 fully saturated rings. The molecule has 1 amide bonds. The average Bonchev–Trinajstić information content (AvgIpc) is 2.53. The number of anilines is 1. The number of halogens is 3. The molecule has 1 aliphatic rings. The zero-order chi connectivity index (χ0) is 19.5. The number of benzene rings is 1. The number of alkyl halides is 3. The topological polar surface area (TPSA) is 84.5 Å². The molecule has 0 bridgehead atoms. The highest BCUT2D eigenvalue weighted by Gasteiger charge is 2.42. The number of methoxy groups -OCH3 is 1. The van der Waals surface area contributed by atoms with E-state index in [-0.39, 0.29) is 29.2 Å². The largest absolute Gasteiger partial charge is 0.495 e. The van der Waals surface area contributed by atoms with Crippen molar-refractivity contribution in [3.05, 3.63) is 18.2 Å². The third-order valence-corrected chi connectivity index (χ3v) is 5.77. The van der Waals surface area contributed by atoms with Crippen LogP contribution < -0.4 is 14.8 Å². The van der Waals surface area contributed by atoms with Gasteiger partial charge in [0.15, 0.2) is 0 Å². The monoisotopic (exact) mass is 394 g/mol. The summed E-state index contributed by atoms with van der Waals surface area (Å²) in [6.07, 6.45) is -3.95. The summed E-state index contributed by atoms with van der Waals surface area (Å²) in [6.45, 7) is 1.26. The van der Waals surface area contributed by atoms with Gasteiger partial charge in [0.25, 0.3) is 0 Å². The summed E-state index contributed by atoms with van der Waals surface area (Å²) in [4.78, 5) is 11.1. The molecule has 0 aliphatic heterocycles. The minimum Gasteiger partial charge on any atom is -0.495 e. The fraction of sp³-hybridized carbons (Fsp3) is 0.562. The lowest BCUT2D eigenvalue weighted by molar-refractivity contribution is -0.183. The van der Waals surface area contributed by atoms with Crippen LogP contribution in [0.4, 0.5) is 18.9 Å². The van der Waals surface area contributed by atoms with Gasteiger partial charge in [-0.2, -0.15) is 13.2 Å². The summed E-state index contributed by atoms with van der Waals surface area (Å²) < 4.78 is 71.2. The van der Waals surface area contributed by atoms with Crippen molar-refractivity contribution >= 4 is 21.6 Å². The number of ether oxygens (including phenoxy) is 1. The van der Waals surface area contributed by atoms with Gasteiger partial charge >= 0.3 is 6.18 Å². The third-order valence-electron chi connectivity index (χ3n) is 4.25. The second kappa shape index (κ2) is 7.83. The van der Waals surface area contributed by atoms with E-state index in [0.29, 0.717) is 12.8 Å². The minimum absolute atomic E-state index is 0.0109. The molecular weight excluding hydrogens is 373 g/mol. The number of hydrogen-bond donors (Lipinski definition) is 2. The van der Waals surface area contributed by atoms with Gasteiger partial charge in [-0.1, -0.05) is 6.42 Å². The lowest BCUT2D eigenvalue weighted by Gasteiger charge is -2.30. The highest BCUT2D eigenvalue weighted by Crippen LogP contribution is 2.38. The number of carbonyl (C=O) groups is 1. The average molecular weight is 394 g/mol. The van der Waals surface area contributed by atoms with Crippen LogP contribution in [0.2, 0.25) is 0 Å². The standard InChI is InChI=1S/C16H21F3N2O4S/c1-10(22)20-14-9-13(6-7-15(14)25-2)26(23,24)21-12-5-3-4-11(8-12)16(17,18)19/h6-7,9,11-12,21H,3-5,8H2,1-2H3,(H,20,22)/t11-,12-/m0/s1. The van der Waals surface area contributed by atoms with Crippen LogP contribution in [0.3, 0.4) is 0 Å². The maximum atomic E-state index is 12.9. The van der Waals surface area contributed by atoms with E-state index in [1.54, 1.807) is 0 Å². The lowest BCUT2D eigenvalue weighted by atomic mass is 9.86. The number of carbonyl (C=O) groups excluding carboxylic acids is 1. The van der Waals surface area contributed by atoms with Gasteiger partial charge in [-0.15, -0.1) is 0 Å². The molecule has 0 radical (unpaired) electrons. The lowest BCUT2D eigenvalue weighted by Crippen LogP contribution is -2.41. The summed E-state index contributed by atoms with van der Waals surface area (Å²) in [5.74, 6) is -1.64. The van der Waals surface area contributed by atoms with E-state index in [2.05, 4.69) is 10.0 Å². The minimum atomic E-state index is -4.33. The Morgan fingerprint density at radius 2 is 1.96 bits per heavy atom. The van der Waals surface area contributed by atoms with Crippen molar-refractivity contribution in [3.8, 4) is 5.75 Å².